The van der Waals surface area contributed by atoms with E-state index in [0.717, 1.165) is 89.8 Å². The number of fused-ring (bicyclic) bond motifs is 3. The van der Waals surface area contributed by atoms with Crippen molar-refractivity contribution in [2.24, 2.45) is 0 Å². The van der Waals surface area contributed by atoms with Crippen molar-refractivity contribution in [3.05, 3.63) is 288 Å². The lowest BCUT2D eigenvalue weighted by molar-refractivity contribution is 1.25. The molecule has 12 aromatic rings. The van der Waals surface area contributed by atoms with E-state index in [2.05, 4.69) is 316 Å². The number of anilines is 12. The van der Waals surface area contributed by atoms with Gasteiger partial charge >= 0.3 is 0 Å². The van der Waals surface area contributed by atoms with Crippen molar-refractivity contribution in [3.8, 4) is 0 Å². The highest BCUT2D eigenvalue weighted by Gasteiger charge is 2.26. The van der Waals surface area contributed by atoms with Gasteiger partial charge in [0.05, 0.1) is 11.4 Å². The fourth-order valence-corrected chi connectivity index (χ4v) is 10.7. The first-order valence-electron chi connectivity index (χ1n) is 26.3. The zero-order valence-corrected chi connectivity index (χ0v) is 44.0. The molecule has 0 radical (unpaired) electrons. The smallest absolute Gasteiger partial charge is 0.0619 e. The molecule has 0 aromatic heterocycles. The van der Waals surface area contributed by atoms with Gasteiger partial charge in [-0.2, -0.15) is 0 Å². The van der Waals surface area contributed by atoms with Gasteiger partial charge in [0.15, 0.2) is 0 Å². The topological polar surface area (TPSA) is 13.0 Å². The zero-order chi connectivity index (χ0) is 51.9. The van der Waals surface area contributed by atoms with Crippen molar-refractivity contribution in [1.29, 1.82) is 0 Å². The van der Waals surface area contributed by atoms with Crippen LogP contribution in [0.1, 0.15) is 33.4 Å². The molecule has 12 rings (SSSR count). The van der Waals surface area contributed by atoms with Crippen molar-refractivity contribution in [2.45, 2.75) is 41.5 Å². The Labute approximate surface area is 447 Å². The van der Waals surface area contributed by atoms with Crippen LogP contribution in [-0.2, 0) is 0 Å². The maximum Gasteiger partial charge on any atom is 0.0619 e. The minimum absolute atomic E-state index is 1.06. The molecule has 0 spiro atoms. The molecule has 0 N–H and O–H groups in total. The van der Waals surface area contributed by atoms with Gasteiger partial charge in [0, 0.05) is 78.4 Å². The molecule has 0 amide bonds. The van der Waals surface area contributed by atoms with Crippen LogP contribution in [0.3, 0.4) is 0 Å². The van der Waals surface area contributed by atoms with Gasteiger partial charge in [-0.25, -0.2) is 0 Å². The van der Waals surface area contributed by atoms with Crippen LogP contribution in [0.5, 0.6) is 0 Å². The minimum Gasteiger partial charge on any atom is -0.311 e. The quantitative estimate of drug-likeness (QED) is 0.113. The Kier molecular flexibility index (Phi) is 12.6. The summed E-state index contributed by atoms with van der Waals surface area (Å²) in [7, 11) is 0. The van der Waals surface area contributed by atoms with Crippen LogP contribution in [0.25, 0.3) is 32.3 Å². The molecule has 0 saturated heterocycles. The van der Waals surface area contributed by atoms with Gasteiger partial charge in [-0.15, -0.1) is 0 Å². The molecule has 0 heterocycles. The SMILES string of the molecule is Cc1ccc(N(c2ccc(C)cc2)c2ccc(N(c3ccc(C)cc3)c3c4ccccc4cc4c(N(c5ccc(C)cc5)c5ccc(N(c6ccc(C)cc6)c6ccc(C)cc6)cc5)c5ccccc5cc34)cc2)cc1. The second-order valence-electron chi connectivity index (χ2n) is 20.4. The Balaban J connectivity index is 1.08. The molecule has 0 unspecified atom stereocenters. The summed E-state index contributed by atoms with van der Waals surface area (Å²) in [6, 6.07) is 94.0. The van der Waals surface area contributed by atoms with Gasteiger partial charge < -0.3 is 19.6 Å². The fraction of sp³-hybridized carbons (Fsp3) is 0.0833. The van der Waals surface area contributed by atoms with Crippen molar-refractivity contribution in [3.63, 3.8) is 0 Å². The third-order valence-corrected chi connectivity index (χ3v) is 14.8. The molecule has 368 valence electrons. The molecule has 76 heavy (non-hydrogen) atoms. The molecule has 4 nitrogen and oxygen atoms in total. The molecular weight excluding hydrogens is 921 g/mol. The molecule has 0 bridgehead atoms. The van der Waals surface area contributed by atoms with Crippen molar-refractivity contribution >= 4 is 101 Å². The Bertz CT molecular complexity index is 3640. The molecule has 0 atom stereocenters. The van der Waals surface area contributed by atoms with E-state index >= 15 is 0 Å². The second-order valence-corrected chi connectivity index (χ2v) is 20.4. The first kappa shape index (κ1) is 47.6. The largest absolute Gasteiger partial charge is 0.311 e. The van der Waals surface area contributed by atoms with Crippen LogP contribution < -0.4 is 19.6 Å². The molecule has 0 saturated carbocycles. The summed E-state index contributed by atoms with van der Waals surface area (Å²) < 4.78 is 0. The van der Waals surface area contributed by atoms with E-state index < -0.39 is 0 Å². The van der Waals surface area contributed by atoms with Gasteiger partial charge in [-0.3, -0.25) is 0 Å². The normalized spacial score (nSPS) is 11.3. The van der Waals surface area contributed by atoms with Crippen molar-refractivity contribution in [2.75, 3.05) is 19.6 Å². The Morgan fingerprint density at radius 2 is 0.368 bits per heavy atom. The number of rotatable bonds is 12. The molecule has 4 heteroatoms. The maximum absolute atomic E-state index is 2.48. The number of aryl methyl sites for hydroxylation is 6. The van der Waals surface area contributed by atoms with Gasteiger partial charge in [0.1, 0.15) is 0 Å². The van der Waals surface area contributed by atoms with Crippen LogP contribution in [0.15, 0.2) is 255 Å². The summed E-state index contributed by atoms with van der Waals surface area (Å²) in [5.74, 6) is 0. The lowest BCUT2D eigenvalue weighted by Crippen LogP contribution is -2.14. The number of benzene rings is 12. The first-order chi connectivity index (χ1) is 37.1. The highest BCUT2D eigenvalue weighted by molar-refractivity contribution is 6.23. The summed E-state index contributed by atoms with van der Waals surface area (Å²) in [5, 5.41) is 6.95. The fourth-order valence-electron chi connectivity index (χ4n) is 10.7. The molecule has 0 fully saturated rings. The van der Waals surface area contributed by atoms with E-state index in [1.807, 2.05) is 0 Å². The van der Waals surface area contributed by atoms with Crippen LogP contribution in [-0.4, -0.2) is 0 Å². The number of hydrogen-bond acceptors (Lipinski definition) is 4. The van der Waals surface area contributed by atoms with Crippen LogP contribution in [0.2, 0.25) is 0 Å². The molecule has 0 aliphatic heterocycles. The first-order valence-corrected chi connectivity index (χ1v) is 26.3. The summed E-state index contributed by atoms with van der Waals surface area (Å²) in [6.07, 6.45) is 0. The van der Waals surface area contributed by atoms with Gasteiger partial charge in [0.2, 0.25) is 0 Å². The van der Waals surface area contributed by atoms with Crippen LogP contribution in [0, 0.1) is 41.5 Å². The van der Waals surface area contributed by atoms with E-state index in [0.29, 0.717) is 0 Å². The monoisotopic (exact) mass is 980 g/mol. The predicted octanol–water partition coefficient (Wildman–Crippen LogP) is 20.9. The Morgan fingerprint density at radius 1 is 0.184 bits per heavy atom. The summed E-state index contributed by atoms with van der Waals surface area (Å²) in [4.78, 5) is 9.65. The molecule has 0 aliphatic rings. The Morgan fingerprint density at radius 3 is 0.592 bits per heavy atom. The van der Waals surface area contributed by atoms with E-state index in [-0.39, 0.29) is 0 Å². The van der Waals surface area contributed by atoms with Gasteiger partial charge in [-0.1, -0.05) is 155 Å². The lowest BCUT2D eigenvalue weighted by Gasteiger charge is -2.33. The minimum atomic E-state index is 1.06. The predicted molar refractivity (Wildman–Crippen MR) is 326 cm³/mol. The zero-order valence-electron chi connectivity index (χ0n) is 44.0. The van der Waals surface area contributed by atoms with Crippen molar-refractivity contribution < 1.29 is 0 Å². The molecule has 0 aliphatic carbocycles. The summed E-state index contributed by atoms with van der Waals surface area (Å²) >= 11 is 0. The van der Waals surface area contributed by atoms with Gasteiger partial charge in [0.25, 0.3) is 0 Å². The summed E-state index contributed by atoms with van der Waals surface area (Å²) in [6.45, 7) is 12.9. The average Bonchev–Trinajstić information content (AvgIpc) is 3.47. The Hall–Kier alpha value is -9.38. The second kappa shape index (κ2) is 20.1. The summed E-state index contributed by atoms with van der Waals surface area (Å²) in [5.41, 5.74) is 20.5. The standard InChI is InChI=1S/C72H60N4/c1-49-15-27-57(28-16-49)73(58-29-17-50(2)18-30-58)61-39-43-65(44-40-61)75(63-35-23-53(5)24-36-63)71-67-13-9-7-11-55(67)48-70-69(71)47-56-12-8-10-14-68(56)72(70)76(64-37-25-54(6)26-38-64)66-45-41-62(42-46-66)74(59-31-19-51(3)20-32-59)60-33-21-52(4)22-34-60/h7-48H,1-6H3. The average molecular weight is 981 g/mol. The van der Waals surface area contributed by atoms with Crippen LogP contribution in [0.4, 0.5) is 68.2 Å². The number of nitrogens with zero attached hydrogens (tertiary/aromatic N) is 4. The van der Waals surface area contributed by atoms with E-state index in [9.17, 15) is 0 Å². The van der Waals surface area contributed by atoms with Crippen molar-refractivity contribution in [1.82, 2.24) is 0 Å². The third-order valence-electron chi connectivity index (χ3n) is 14.8. The van der Waals surface area contributed by atoms with E-state index in [4.69, 9.17) is 0 Å². The molecule has 12 aromatic carbocycles. The lowest BCUT2D eigenvalue weighted by atomic mass is 9.93. The van der Waals surface area contributed by atoms with Gasteiger partial charge in [-0.05, 0) is 186 Å². The third kappa shape index (κ3) is 9.20. The maximum atomic E-state index is 2.48. The number of hydrogen-bond donors (Lipinski definition) is 0. The van der Waals surface area contributed by atoms with E-state index in [1.54, 1.807) is 0 Å². The molecular formula is C72H60N4. The highest BCUT2D eigenvalue weighted by Crippen LogP contribution is 2.51. The van der Waals surface area contributed by atoms with E-state index in [1.165, 1.54) is 44.2 Å². The van der Waals surface area contributed by atoms with Crippen LogP contribution >= 0.6 is 0 Å². The highest BCUT2D eigenvalue weighted by atomic mass is 15.2.